The molecule has 4 nitrogen and oxygen atoms in total. The summed E-state index contributed by atoms with van der Waals surface area (Å²) in [6, 6.07) is 5.43. The van der Waals surface area contributed by atoms with Crippen LogP contribution in [0.5, 0.6) is 5.75 Å². The van der Waals surface area contributed by atoms with E-state index in [1.807, 2.05) is 0 Å². The van der Waals surface area contributed by atoms with Crippen molar-refractivity contribution in [2.24, 2.45) is 0 Å². The highest BCUT2D eigenvalue weighted by Crippen LogP contribution is 2.31. The molecule has 0 aliphatic heterocycles. The molecule has 0 saturated heterocycles. The first-order valence-electron chi connectivity index (χ1n) is 6.47. The second-order valence-electron chi connectivity index (χ2n) is 5.11. The third-order valence-electron chi connectivity index (χ3n) is 3.33. The van der Waals surface area contributed by atoms with Gasteiger partial charge in [-0.3, -0.25) is 5.32 Å². The molecular formula is C14H16F3NO3. The standard InChI is InChI=1S/C14H16F3NO3/c1-13(12(19)20-2,18-10-5-6-10)9-3-7-11(8-4-9)21-14(15,16)17/h3-4,7-8,10,18H,5-6H2,1-2H3. The van der Waals surface area contributed by atoms with Gasteiger partial charge >= 0.3 is 12.3 Å². The molecule has 0 bridgehead atoms. The van der Waals surface area contributed by atoms with Crippen LogP contribution in [-0.4, -0.2) is 25.5 Å². The van der Waals surface area contributed by atoms with Crippen molar-refractivity contribution >= 4 is 5.97 Å². The molecule has 0 spiro atoms. The molecule has 2 rings (SSSR count). The zero-order valence-corrected chi connectivity index (χ0v) is 11.7. The average Bonchev–Trinajstić information content (AvgIpc) is 3.20. The molecule has 1 aromatic rings. The van der Waals surface area contributed by atoms with Gasteiger partial charge in [-0.1, -0.05) is 12.1 Å². The fraction of sp³-hybridized carbons (Fsp3) is 0.500. The Morgan fingerprint density at radius 2 is 1.81 bits per heavy atom. The maximum absolute atomic E-state index is 12.1. The molecule has 0 amide bonds. The van der Waals surface area contributed by atoms with Crippen LogP contribution in [0.1, 0.15) is 25.3 Å². The van der Waals surface area contributed by atoms with Crippen molar-refractivity contribution in [2.75, 3.05) is 7.11 Å². The Balaban J connectivity index is 2.22. The molecule has 1 aliphatic carbocycles. The smallest absolute Gasteiger partial charge is 0.467 e. The number of carbonyl (C=O) groups is 1. The van der Waals surface area contributed by atoms with Crippen LogP contribution in [0.25, 0.3) is 0 Å². The molecule has 0 heterocycles. The fourth-order valence-corrected chi connectivity index (χ4v) is 2.09. The van der Waals surface area contributed by atoms with E-state index in [1.54, 1.807) is 6.92 Å². The van der Waals surface area contributed by atoms with E-state index in [9.17, 15) is 18.0 Å². The molecule has 1 aromatic carbocycles. The number of halogens is 3. The molecule has 1 saturated carbocycles. The summed E-state index contributed by atoms with van der Waals surface area (Å²) in [6.45, 7) is 1.65. The fourth-order valence-electron chi connectivity index (χ4n) is 2.09. The molecular weight excluding hydrogens is 287 g/mol. The monoisotopic (exact) mass is 303 g/mol. The Bertz CT molecular complexity index is 511. The highest BCUT2D eigenvalue weighted by atomic mass is 19.4. The Morgan fingerprint density at radius 3 is 2.24 bits per heavy atom. The van der Waals surface area contributed by atoms with Gasteiger partial charge in [-0.25, -0.2) is 4.79 Å². The van der Waals surface area contributed by atoms with E-state index in [1.165, 1.54) is 31.4 Å². The van der Waals surface area contributed by atoms with Crippen molar-refractivity contribution < 1.29 is 27.4 Å². The molecule has 0 radical (unpaired) electrons. The number of ether oxygens (including phenoxy) is 2. The Morgan fingerprint density at radius 1 is 1.24 bits per heavy atom. The first-order valence-corrected chi connectivity index (χ1v) is 6.47. The third kappa shape index (κ3) is 3.87. The minimum Gasteiger partial charge on any atom is -0.467 e. The topological polar surface area (TPSA) is 47.6 Å². The van der Waals surface area contributed by atoms with Crippen LogP contribution in [0.4, 0.5) is 13.2 Å². The van der Waals surface area contributed by atoms with Crippen molar-refractivity contribution in [3.63, 3.8) is 0 Å². The van der Waals surface area contributed by atoms with Crippen LogP contribution in [0, 0.1) is 0 Å². The molecule has 0 aromatic heterocycles. The van der Waals surface area contributed by atoms with Gasteiger partial charge in [0, 0.05) is 6.04 Å². The van der Waals surface area contributed by atoms with Crippen LogP contribution in [0.3, 0.4) is 0 Å². The van der Waals surface area contributed by atoms with Gasteiger partial charge < -0.3 is 9.47 Å². The number of carbonyl (C=O) groups excluding carboxylic acids is 1. The summed E-state index contributed by atoms with van der Waals surface area (Å²) in [6.07, 6.45) is -2.82. The zero-order valence-electron chi connectivity index (χ0n) is 11.7. The van der Waals surface area contributed by atoms with Gasteiger partial charge in [-0.15, -0.1) is 13.2 Å². The van der Waals surface area contributed by atoms with Gasteiger partial charge in [0.05, 0.1) is 7.11 Å². The molecule has 21 heavy (non-hydrogen) atoms. The highest BCUT2D eigenvalue weighted by Gasteiger charge is 2.41. The first kappa shape index (κ1) is 15.6. The zero-order chi connectivity index (χ0) is 15.7. The normalized spacial score (nSPS) is 18.0. The van der Waals surface area contributed by atoms with E-state index in [4.69, 9.17) is 4.74 Å². The second kappa shape index (κ2) is 5.55. The van der Waals surface area contributed by atoms with Gasteiger partial charge in [0.2, 0.25) is 0 Å². The maximum Gasteiger partial charge on any atom is 0.573 e. The summed E-state index contributed by atoms with van der Waals surface area (Å²) in [7, 11) is 1.27. The maximum atomic E-state index is 12.1. The largest absolute Gasteiger partial charge is 0.573 e. The van der Waals surface area contributed by atoms with Crippen molar-refractivity contribution in [2.45, 2.75) is 37.7 Å². The Hall–Kier alpha value is -1.76. The summed E-state index contributed by atoms with van der Waals surface area (Å²) in [5.41, 5.74) is -0.567. The number of methoxy groups -OCH3 is 1. The predicted molar refractivity (Wildman–Crippen MR) is 68.7 cm³/mol. The SMILES string of the molecule is COC(=O)C(C)(NC1CC1)c1ccc(OC(F)(F)F)cc1. The average molecular weight is 303 g/mol. The van der Waals surface area contributed by atoms with Gasteiger partial charge in [0.25, 0.3) is 0 Å². The number of alkyl halides is 3. The third-order valence-corrected chi connectivity index (χ3v) is 3.33. The van der Waals surface area contributed by atoms with Crippen molar-refractivity contribution in [1.82, 2.24) is 5.32 Å². The van der Waals surface area contributed by atoms with E-state index < -0.39 is 17.9 Å². The molecule has 116 valence electrons. The minimum atomic E-state index is -4.74. The van der Waals surface area contributed by atoms with Gasteiger partial charge in [0.15, 0.2) is 0 Å². The van der Waals surface area contributed by atoms with Gasteiger partial charge in [-0.2, -0.15) is 0 Å². The Labute approximate surface area is 120 Å². The molecule has 1 fully saturated rings. The molecule has 7 heteroatoms. The van der Waals surface area contributed by atoms with Gasteiger partial charge in [-0.05, 0) is 37.5 Å². The van der Waals surface area contributed by atoms with Crippen LogP contribution in [-0.2, 0) is 15.1 Å². The van der Waals surface area contributed by atoms with E-state index in [0.29, 0.717) is 5.56 Å². The lowest BCUT2D eigenvalue weighted by molar-refractivity contribution is -0.274. The quantitative estimate of drug-likeness (QED) is 0.850. The number of benzene rings is 1. The van der Waals surface area contributed by atoms with E-state index in [2.05, 4.69) is 10.1 Å². The summed E-state index contributed by atoms with van der Waals surface area (Å²) in [5.74, 6) is -0.816. The van der Waals surface area contributed by atoms with Gasteiger partial charge in [0.1, 0.15) is 11.3 Å². The van der Waals surface area contributed by atoms with Crippen LogP contribution in [0.2, 0.25) is 0 Å². The van der Waals surface area contributed by atoms with Crippen LogP contribution in [0.15, 0.2) is 24.3 Å². The summed E-state index contributed by atoms with van der Waals surface area (Å²) >= 11 is 0. The number of rotatable bonds is 5. The lowest BCUT2D eigenvalue weighted by Crippen LogP contribution is -2.48. The minimum absolute atomic E-state index is 0.222. The summed E-state index contributed by atoms with van der Waals surface area (Å²) < 4.78 is 45.0. The number of hydrogen-bond donors (Lipinski definition) is 1. The van der Waals surface area contributed by atoms with Crippen molar-refractivity contribution in [3.05, 3.63) is 29.8 Å². The van der Waals surface area contributed by atoms with E-state index in [-0.39, 0.29) is 11.8 Å². The lowest BCUT2D eigenvalue weighted by atomic mass is 9.91. The lowest BCUT2D eigenvalue weighted by Gasteiger charge is -2.28. The number of esters is 1. The molecule has 1 atom stereocenters. The molecule has 1 unspecified atom stereocenters. The van der Waals surface area contributed by atoms with Crippen molar-refractivity contribution in [3.8, 4) is 5.75 Å². The molecule has 1 N–H and O–H groups in total. The number of nitrogens with one attached hydrogen (secondary N) is 1. The van der Waals surface area contributed by atoms with Crippen LogP contribution >= 0.6 is 0 Å². The first-order chi connectivity index (χ1) is 9.74. The van der Waals surface area contributed by atoms with E-state index >= 15 is 0 Å². The summed E-state index contributed by atoms with van der Waals surface area (Å²) in [5, 5.41) is 3.16. The number of hydrogen-bond acceptors (Lipinski definition) is 4. The molecule has 1 aliphatic rings. The van der Waals surface area contributed by atoms with E-state index in [0.717, 1.165) is 12.8 Å². The predicted octanol–water partition coefficient (Wildman–Crippen LogP) is 2.73. The summed E-state index contributed by atoms with van der Waals surface area (Å²) in [4.78, 5) is 12.0. The van der Waals surface area contributed by atoms with Crippen LogP contribution < -0.4 is 10.1 Å². The Kier molecular flexibility index (Phi) is 4.13. The van der Waals surface area contributed by atoms with Crippen molar-refractivity contribution in [1.29, 1.82) is 0 Å². The highest BCUT2D eigenvalue weighted by molar-refractivity contribution is 5.82. The second-order valence-corrected chi connectivity index (χ2v) is 5.11.